The molecule has 0 bridgehead atoms. The van der Waals surface area contributed by atoms with Gasteiger partial charge in [0.15, 0.2) is 0 Å². The monoisotopic (exact) mass is 486 g/mol. The van der Waals surface area contributed by atoms with Gasteiger partial charge in [-0.3, -0.25) is 0 Å². The van der Waals surface area contributed by atoms with E-state index in [9.17, 15) is 0 Å². The molecule has 0 saturated heterocycles. The number of unbranched alkanes of at least 4 members (excludes halogenated alkanes) is 3. The van der Waals surface area contributed by atoms with E-state index in [0.717, 1.165) is 16.9 Å². The van der Waals surface area contributed by atoms with Crippen molar-refractivity contribution in [2.45, 2.75) is 90.4 Å². The predicted molar refractivity (Wildman–Crippen MR) is 153 cm³/mol. The van der Waals surface area contributed by atoms with Gasteiger partial charge in [0.25, 0.3) is 0 Å². The largest absolute Gasteiger partial charge is 0.0843 e. The second kappa shape index (κ2) is 13.9. The van der Waals surface area contributed by atoms with Crippen LogP contribution in [-0.4, -0.2) is 0 Å². The Kier molecular flexibility index (Phi) is 10.3. The topological polar surface area (TPSA) is 0 Å². The van der Waals surface area contributed by atoms with E-state index in [1.165, 1.54) is 111 Å². The second-order valence-electron chi connectivity index (χ2n) is 10.8. The van der Waals surface area contributed by atoms with Crippen molar-refractivity contribution in [2.24, 2.45) is 11.8 Å². The molecule has 1 heteroatoms. The summed E-state index contributed by atoms with van der Waals surface area (Å²) in [6.45, 7) is 2.28. The maximum atomic E-state index is 6.02. The molecule has 0 amide bonds. The highest BCUT2D eigenvalue weighted by Gasteiger charge is 2.21. The lowest BCUT2D eigenvalue weighted by molar-refractivity contribution is 0.253. The minimum Gasteiger partial charge on any atom is -0.0843 e. The summed E-state index contributed by atoms with van der Waals surface area (Å²) < 4.78 is 0. The van der Waals surface area contributed by atoms with E-state index in [-0.39, 0.29) is 0 Å². The number of rotatable bonds is 12. The normalized spacial score (nSPS) is 18.0. The zero-order chi connectivity index (χ0) is 24.3. The van der Waals surface area contributed by atoms with Crippen molar-refractivity contribution in [1.29, 1.82) is 0 Å². The highest BCUT2D eigenvalue weighted by molar-refractivity contribution is 6.30. The SMILES string of the molecule is CCCCCCc1ccc(CC[C@H]2CC[C@H](CCc3ccc(-c4ccc(Cl)cc4)cc3)CC2)cc1. The molecular formula is C34H43Cl. The highest BCUT2D eigenvalue weighted by atomic mass is 35.5. The van der Waals surface area contributed by atoms with Crippen molar-refractivity contribution in [1.82, 2.24) is 0 Å². The third kappa shape index (κ3) is 8.53. The van der Waals surface area contributed by atoms with E-state index in [4.69, 9.17) is 11.6 Å². The van der Waals surface area contributed by atoms with Crippen LogP contribution in [0.5, 0.6) is 0 Å². The molecule has 0 atom stereocenters. The Bertz CT molecular complexity index is 976. The fourth-order valence-electron chi connectivity index (χ4n) is 5.69. The van der Waals surface area contributed by atoms with Crippen molar-refractivity contribution >= 4 is 11.6 Å². The number of aryl methyl sites for hydroxylation is 3. The molecule has 0 spiro atoms. The quantitative estimate of drug-likeness (QED) is 0.223. The summed E-state index contributed by atoms with van der Waals surface area (Å²) in [6, 6.07) is 26.8. The Labute approximate surface area is 219 Å². The lowest BCUT2D eigenvalue weighted by Crippen LogP contribution is -2.15. The molecule has 1 saturated carbocycles. The molecule has 0 aromatic heterocycles. The molecule has 0 radical (unpaired) electrons. The lowest BCUT2D eigenvalue weighted by atomic mass is 9.77. The third-order valence-corrected chi connectivity index (χ3v) is 8.37. The summed E-state index contributed by atoms with van der Waals surface area (Å²) in [5.74, 6) is 1.84. The molecule has 0 N–H and O–H groups in total. The number of hydrogen-bond acceptors (Lipinski definition) is 0. The third-order valence-electron chi connectivity index (χ3n) is 8.12. The zero-order valence-electron chi connectivity index (χ0n) is 21.7. The van der Waals surface area contributed by atoms with Crippen LogP contribution in [0, 0.1) is 11.8 Å². The molecule has 0 aliphatic heterocycles. The molecule has 0 nitrogen and oxygen atoms in total. The standard InChI is InChI=1S/C34H43Cl/c1-2-3-4-5-6-27-7-9-28(10-8-27)11-12-29-13-15-30(16-14-29)17-18-31-19-21-32(22-20-31)33-23-25-34(35)26-24-33/h7-10,19-26,29-30H,2-6,11-18H2,1H3/t29-,30-. The lowest BCUT2D eigenvalue weighted by Gasteiger charge is -2.28. The maximum absolute atomic E-state index is 6.02. The van der Waals surface area contributed by atoms with E-state index in [1.807, 2.05) is 12.1 Å². The van der Waals surface area contributed by atoms with Crippen LogP contribution in [0.25, 0.3) is 11.1 Å². The van der Waals surface area contributed by atoms with Crippen LogP contribution in [0.1, 0.15) is 87.8 Å². The minimum atomic E-state index is 0.794. The van der Waals surface area contributed by atoms with Crippen LogP contribution < -0.4 is 0 Å². The Morgan fingerprint density at radius 2 is 0.971 bits per heavy atom. The van der Waals surface area contributed by atoms with Crippen LogP contribution in [0.2, 0.25) is 5.02 Å². The van der Waals surface area contributed by atoms with E-state index in [0.29, 0.717) is 0 Å². The first-order valence-corrected chi connectivity index (χ1v) is 14.5. The van der Waals surface area contributed by atoms with Crippen LogP contribution >= 0.6 is 11.6 Å². The molecule has 1 aliphatic carbocycles. The van der Waals surface area contributed by atoms with E-state index < -0.39 is 0 Å². The molecule has 3 aromatic carbocycles. The summed E-state index contributed by atoms with van der Waals surface area (Å²) >= 11 is 6.02. The average Bonchev–Trinajstić information content (AvgIpc) is 2.91. The molecule has 1 aliphatic rings. The van der Waals surface area contributed by atoms with Crippen molar-refractivity contribution in [3.8, 4) is 11.1 Å². The Morgan fingerprint density at radius 3 is 1.46 bits per heavy atom. The van der Waals surface area contributed by atoms with E-state index in [1.54, 1.807) is 0 Å². The van der Waals surface area contributed by atoms with Crippen LogP contribution in [-0.2, 0) is 19.3 Å². The first-order valence-electron chi connectivity index (χ1n) is 14.1. The van der Waals surface area contributed by atoms with Gasteiger partial charge >= 0.3 is 0 Å². The average molecular weight is 487 g/mol. The summed E-state index contributed by atoms with van der Waals surface area (Å²) in [6.07, 6.45) is 17.5. The van der Waals surface area contributed by atoms with E-state index in [2.05, 4.69) is 67.6 Å². The van der Waals surface area contributed by atoms with Crippen LogP contribution in [0.4, 0.5) is 0 Å². The van der Waals surface area contributed by atoms with Crippen LogP contribution in [0.3, 0.4) is 0 Å². The fraction of sp³-hybridized carbons (Fsp3) is 0.471. The zero-order valence-corrected chi connectivity index (χ0v) is 22.4. The van der Waals surface area contributed by atoms with Gasteiger partial charge in [0.2, 0.25) is 0 Å². The van der Waals surface area contributed by atoms with Crippen LogP contribution in [0.15, 0.2) is 72.8 Å². The van der Waals surface area contributed by atoms with Crippen molar-refractivity contribution < 1.29 is 0 Å². The van der Waals surface area contributed by atoms with Crippen molar-refractivity contribution in [2.75, 3.05) is 0 Å². The van der Waals surface area contributed by atoms with Gasteiger partial charge in [-0.2, -0.15) is 0 Å². The second-order valence-corrected chi connectivity index (χ2v) is 11.2. The minimum absolute atomic E-state index is 0.794. The molecule has 3 aromatic rings. The Hall–Kier alpha value is -2.05. The first kappa shape index (κ1) is 26.0. The van der Waals surface area contributed by atoms with Gasteiger partial charge in [0, 0.05) is 5.02 Å². The molecular weight excluding hydrogens is 444 g/mol. The van der Waals surface area contributed by atoms with Gasteiger partial charge in [-0.1, -0.05) is 124 Å². The van der Waals surface area contributed by atoms with E-state index >= 15 is 0 Å². The summed E-state index contributed by atoms with van der Waals surface area (Å²) in [4.78, 5) is 0. The van der Waals surface area contributed by atoms with Gasteiger partial charge in [-0.25, -0.2) is 0 Å². The fourth-order valence-corrected chi connectivity index (χ4v) is 5.81. The Balaban J connectivity index is 1.13. The number of halogens is 1. The van der Waals surface area contributed by atoms with Crippen molar-refractivity contribution in [3.05, 3.63) is 94.5 Å². The number of benzene rings is 3. The molecule has 4 rings (SSSR count). The van der Waals surface area contributed by atoms with Gasteiger partial charge in [-0.15, -0.1) is 0 Å². The van der Waals surface area contributed by atoms with Crippen molar-refractivity contribution in [3.63, 3.8) is 0 Å². The summed E-state index contributed by atoms with van der Waals surface area (Å²) in [5.41, 5.74) is 7.03. The van der Waals surface area contributed by atoms with Gasteiger partial charge in [0.1, 0.15) is 0 Å². The summed E-state index contributed by atoms with van der Waals surface area (Å²) in [7, 11) is 0. The molecule has 0 unspecified atom stereocenters. The number of hydrogen-bond donors (Lipinski definition) is 0. The summed E-state index contributed by atoms with van der Waals surface area (Å²) in [5, 5.41) is 0.794. The van der Waals surface area contributed by atoms with Gasteiger partial charge in [-0.05, 0) is 90.3 Å². The Morgan fingerprint density at radius 1 is 0.543 bits per heavy atom. The van der Waals surface area contributed by atoms with Gasteiger partial charge < -0.3 is 0 Å². The molecule has 186 valence electrons. The molecule has 35 heavy (non-hydrogen) atoms. The van der Waals surface area contributed by atoms with Gasteiger partial charge in [0.05, 0.1) is 0 Å². The molecule has 1 fully saturated rings. The molecule has 0 heterocycles. The predicted octanol–water partition coefficient (Wildman–Crippen LogP) is 10.5. The smallest absolute Gasteiger partial charge is 0.0406 e. The maximum Gasteiger partial charge on any atom is 0.0406 e. The highest BCUT2D eigenvalue weighted by Crippen LogP contribution is 2.34. The first-order chi connectivity index (χ1) is 17.2.